The number of nitrogens with zero attached hydrogens (tertiary/aromatic N) is 1. The topological polar surface area (TPSA) is 119 Å². The van der Waals surface area contributed by atoms with Crippen LogP contribution in [0.25, 0.3) is 0 Å². The van der Waals surface area contributed by atoms with Crippen LogP contribution < -0.4 is 5.32 Å². The number of amides is 1. The molecule has 30 heavy (non-hydrogen) atoms. The van der Waals surface area contributed by atoms with E-state index in [9.17, 15) is 24.8 Å². The highest BCUT2D eigenvalue weighted by Gasteiger charge is 2.25. The van der Waals surface area contributed by atoms with E-state index in [0.29, 0.717) is 10.5 Å². The Labute approximate surface area is 178 Å². The minimum absolute atomic E-state index is 0.120. The van der Waals surface area contributed by atoms with Crippen LogP contribution in [0.1, 0.15) is 31.9 Å². The van der Waals surface area contributed by atoms with Crippen LogP contribution in [0.15, 0.2) is 52.3 Å². The molecule has 0 saturated carbocycles. The SMILES string of the molecule is Cc1ccc(Sc2ccc(CC(NC(=O)OC(C)(C)C)C(=O)O)cc2[N+](=O)[O-])cc1. The molecule has 0 fully saturated rings. The van der Waals surface area contributed by atoms with Crippen LogP contribution in [0.4, 0.5) is 10.5 Å². The normalized spacial score (nSPS) is 12.1. The number of ether oxygens (including phenoxy) is 1. The van der Waals surface area contributed by atoms with Gasteiger partial charge in [0.15, 0.2) is 0 Å². The zero-order valence-electron chi connectivity index (χ0n) is 17.2. The van der Waals surface area contributed by atoms with Crippen molar-refractivity contribution in [1.29, 1.82) is 0 Å². The van der Waals surface area contributed by atoms with Crippen molar-refractivity contribution in [2.75, 3.05) is 0 Å². The Morgan fingerprint density at radius 2 is 1.83 bits per heavy atom. The van der Waals surface area contributed by atoms with Gasteiger partial charge in [0.05, 0.1) is 9.82 Å². The van der Waals surface area contributed by atoms with Crippen molar-refractivity contribution in [2.45, 2.75) is 55.5 Å². The number of carbonyl (C=O) groups is 2. The number of hydrogen-bond donors (Lipinski definition) is 2. The molecule has 8 nitrogen and oxygen atoms in total. The molecule has 9 heteroatoms. The maximum atomic E-state index is 11.9. The molecule has 0 aliphatic carbocycles. The van der Waals surface area contributed by atoms with Gasteiger partial charge in [-0.05, 0) is 51.5 Å². The van der Waals surface area contributed by atoms with E-state index in [1.807, 2.05) is 31.2 Å². The first-order chi connectivity index (χ1) is 13.9. The molecule has 0 aliphatic heterocycles. The van der Waals surface area contributed by atoms with Crippen molar-refractivity contribution in [2.24, 2.45) is 0 Å². The summed E-state index contributed by atoms with van der Waals surface area (Å²) >= 11 is 1.25. The van der Waals surface area contributed by atoms with E-state index >= 15 is 0 Å². The predicted octanol–water partition coefficient (Wildman–Crippen LogP) is 4.57. The number of nitrogens with one attached hydrogen (secondary N) is 1. The van der Waals surface area contributed by atoms with Crippen molar-refractivity contribution in [3.8, 4) is 0 Å². The zero-order valence-corrected chi connectivity index (χ0v) is 18.0. The van der Waals surface area contributed by atoms with Gasteiger partial charge in [-0.1, -0.05) is 35.5 Å². The van der Waals surface area contributed by atoms with Crippen molar-refractivity contribution in [3.05, 3.63) is 63.7 Å². The molecule has 1 unspecified atom stereocenters. The minimum Gasteiger partial charge on any atom is -0.480 e. The molecule has 0 aromatic heterocycles. The molecule has 0 aliphatic rings. The lowest BCUT2D eigenvalue weighted by molar-refractivity contribution is -0.387. The summed E-state index contributed by atoms with van der Waals surface area (Å²) in [5.74, 6) is -1.26. The summed E-state index contributed by atoms with van der Waals surface area (Å²) in [5, 5.41) is 23.3. The van der Waals surface area contributed by atoms with Crippen LogP contribution in [0.5, 0.6) is 0 Å². The second kappa shape index (κ2) is 9.62. The van der Waals surface area contributed by atoms with Crippen LogP contribution in [-0.4, -0.2) is 33.7 Å². The number of carboxylic acid groups (broad SMARTS) is 1. The largest absolute Gasteiger partial charge is 0.480 e. The van der Waals surface area contributed by atoms with Gasteiger partial charge < -0.3 is 15.2 Å². The van der Waals surface area contributed by atoms with Gasteiger partial charge in [-0.15, -0.1) is 0 Å². The molecule has 2 N–H and O–H groups in total. The molecule has 160 valence electrons. The standard InChI is InChI=1S/C21H24N2O6S/c1-13-5-8-15(9-6-13)30-18-10-7-14(12-17(18)23(27)28)11-16(19(24)25)22-20(26)29-21(2,3)4/h5-10,12,16H,11H2,1-4H3,(H,22,26)(H,24,25). The van der Waals surface area contributed by atoms with E-state index < -0.39 is 28.6 Å². The molecule has 2 aromatic rings. The summed E-state index contributed by atoms with van der Waals surface area (Å²) in [4.78, 5) is 35.8. The van der Waals surface area contributed by atoms with E-state index in [0.717, 1.165) is 10.5 Å². The highest BCUT2D eigenvalue weighted by molar-refractivity contribution is 7.99. The number of nitro benzene ring substituents is 1. The summed E-state index contributed by atoms with van der Waals surface area (Å²) in [6.07, 6.45) is -0.985. The zero-order chi connectivity index (χ0) is 22.5. The Bertz CT molecular complexity index is 938. The minimum atomic E-state index is -1.28. The van der Waals surface area contributed by atoms with Crippen molar-refractivity contribution >= 4 is 29.5 Å². The smallest absolute Gasteiger partial charge is 0.408 e. The second-order valence-electron chi connectivity index (χ2n) is 7.72. The maximum absolute atomic E-state index is 11.9. The van der Waals surface area contributed by atoms with Crippen molar-refractivity contribution in [3.63, 3.8) is 0 Å². The molecule has 2 rings (SSSR count). The van der Waals surface area contributed by atoms with Crippen LogP contribution in [-0.2, 0) is 16.0 Å². The first-order valence-corrected chi connectivity index (χ1v) is 10.0. The number of aliphatic carboxylic acids is 1. The number of rotatable bonds is 7. The number of nitro groups is 1. The first-order valence-electron chi connectivity index (χ1n) is 9.19. The molecule has 0 radical (unpaired) electrons. The Morgan fingerprint density at radius 1 is 1.20 bits per heavy atom. The lowest BCUT2D eigenvalue weighted by atomic mass is 10.1. The Balaban J connectivity index is 2.20. The third-order valence-corrected chi connectivity index (χ3v) is 4.97. The fraction of sp³-hybridized carbons (Fsp3) is 0.333. The van der Waals surface area contributed by atoms with E-state index in [-0.39, 0.29) is 12.1 Å². The van der Waals surface area contributed by atoms with Crippen LogP contribution in [0, 0.1) is 17.0 Å². The Hall–Kier alpha value is -3.07. The summed E-state index contributed by atoms with van der Waals surface area (Å²) < 4.78 is 5.09. The van der Waals surface area contributed by atoms with Gasteiger partial charge >= 0.3 is 12.1 Å². The summed E-state index contributed by atoms with van der Waals surface area (Å²) in [5.41, 5.74) is 0.597. The van der Waals surface area contributed by atoms with Crippen molar-refractivity contribution < 1.29 is 24.4 Å². The van der Waals surface area contributed by atoms with E-state index in [4.69, 9.17) is 4.74 Å². The van der Waals surface area contributed by atoms with Gasteiger partial charge in [-0.2, -0.15) is 0 Å². The van der Waals surface area contributed by atoms with E-state index in [1.54, 1.807) is 32.9 Å². The third-order valence-electron chi connectivity index (χ3n) is 3.90. The van der Waals surface area contributed by atoms with Gasteiger partial charge in [0.25, 0.3) is 5.69 Å². The molecule has 0 heterocycles. The average molecular weight is 432 g/mol. The fourth-order valence-corrected chi connectivity index (χ4v) is 3.44. The first kappa shape index (κ1) is 23.2. The van der Waals surface area contributed by atoms with Crippen LogP contribution >= 0.6 is 11.8 Å². The van der Waals surface area contributed by atoms with Gasteiger partial charge in [0, 0.05) is 17.4 Å². The number of benzene rings is 2. The highest BCUT2D eigenvalue weighted by Crippen LogP contribution is 2.35. The third kappa shape index (κ3) is 7.07. The van der Waals surface area contributed by atoms with Crippen LogP contribution in [0.2, 0.25) is 0 Å². The second-order valence-corrected chi connectivity index (χ2v) is 8.83. The molecular formula is C21H24N2O6S. The Morgan fingerprint density at radius 3 is 2.37 bits per heavy atom. The number of carbonyl (C=O) groups excluding carboxylic acids is 1. The number of aryl methyl sites for hydroxylation is 1. The number of carboxylic acids is 1. The molecule has 1 amide bonds. The van der Waals surface area contributed by atoms with Gasteiger partial charge in [-0.25, -0.2) is 9.59 Å². The average Bonchev–Trinajstić information content (AvgIpc) is 2.62. The van der Waals surface area contributed by atoms with E-state index in [2.05, 4.69) is 5.32 Å². The number of alkyl carbamates (subject to hydrolysis) is 1. The highest BCUT2D eigenvalue weighted by atomic mass is 32.2. The van der Waals surface area contributed by atoms with Gasteiger partial charge in [-0.3, -0.25) is 10.1 Å². The molecule has 2 aromatic carbocycles. The molecule has 0 spiro atoms. The maximum Gasteiger partial charge on any atom is 0.408 e. The quantitative estimate of drug-likeness (QED) is 0.486. The number of hydrogen-bond acceptors (Lipinski definition) is 6. The lowest BCUT2D eigenvalue weighted by Crippen LogP contribution is -2.44. The Kier molecular flexibility index (Phi) is 7.44. The monoisotopic (exact) mass is 432 g/mol. The molecule has 0 bridgehead atoms. The molecule has 0 saturated heterocycles. The van der Waals surface area contributed by atoms with Crippen LogP contribution in [0.3, 0.4) is 0 Å². The molecular weight excluding hydrogens is 408 g/mol. The fourth-order valence-electron chi connectivity index (χ4n) is 2.54. The van der Waals surface area contributed by atoms with Gasteiger partial charge in [0.1, 0.15) is 11.6 Å². The van der Waals surface area contributed by atoms with Crippen molar-refractivity contribution in [1.82, 2.24) is 5.32 Å². The van der Waals surface area contributed by atoms with Gasteiger partial charge in [0.2, 0.25) is 0 Å². The van der Waals surface area contributed by atoms with E-state index in [1.165, 1.54) is 17.8 Å². The summed E-state index contributed by atoms with van der Waals surface area (Å²) in [6, 6.07) is 10.9. The summed E-state index contributed by atoms with van der Waals surface area (Å²) in [6.45, 7) is 6.94. The lowest BCUT2D eigenvalue weighted by Gasteiger charge is -2.22. The summed E-state index contributed by atoms with van der Waals surface area (Å²) in [7, 11) is 0. The predicted molar refractivity (Wildman–Crippen MR) is 113 cm³/mol. The molecule has 1 atom stereocenters.